The van der Waals surface area contributed by atoms with Gasteiger partial charge in [0, 0.05) is 25.4 Å². The van der Waals surface area contributed by atoms with Gasteiger partial charge in [-0.2, -0.15) is 0 Å². The van der Waals surface area contributed by atoms with Crippen molar-refractivity contribution in [1.82, 2.24) is 15.3 Å². The van der Waals surface area contributed by atoms with E-state index in [2.05, 4.69) is 20.4 Å². The Morgan fingerprint density at radius 2 is 2.37 bits per heavy atom. The fraction of sp³-hybridized carbons (Fsp3) is 0.583. The first-order valence-corrected chi connectivity index (χ1v) is 6.29. The summed E-state index contributed by atoms with van der Waals surface area (Å²) in [5.74, 6) is -0.0102. The quantitative estimate of drug-likeness (QED) is 0.189. The first-order valence-electron chi connectivity index (χ1n) is 6.29. The van der Waals surface area contributed by atoms with Crippen LogP contribution in [0.5, 0.6) is 0 Å². The van der Waals surface area contributed by atoms with E-state index in [9.17, 15) is 4.79 Å². The monoisotopic (exact) mass is 267 g/mol. The molecule has 1 rings (SSSR count). The number of nitrogens with zero attached hydrogens (tertiary/aromatic N) is 2. The highest BCUT2D eigenvalue weighted by Gasteiger charge is 2.26. The molecule has 1 aromatic heterocycles. The Morgan fingerprint density at radius 1 is 1.63 bits per heavy atom. The molecule has 0 saturated carbocycles. The van der Waals surface area contributed by atoms with Crippen LogP contribution in [0.2, 0.25) is 0 Å². The molecule has 0 saturated heterocycles. The molecule has 0 radical (unpaired) electrons. The molecule has 0 bridgehead atoms. The summed E-state index contributed by atoms with van der Waals surface area (Å²) < 4.78 is 0. The maximum atomic E-state index is 11.9. The van der Waals surface area contributed by atoms with E-state index in [4.69, 9.17) is 10.9 Å². The second kappa shape index (κ2) is 7.40. The average molecular weight is 267 g/mol. The van der Waals surface area contributed by atoms with Gasteiger partial charge in [-0.3, -0.25) is 4.79 Å². The van der Waals surface area contributed by atoms with Crippen LogP contribution in [0.4, 0.5) is 0 Å². The first-order chi connectivity index (χ1) is 9.06. The van der Waals surface area contributed by atoms with Gasteiger partial charge >= 0.3 is 0 Å². The summed E-state index contributed by atoms with van der Waals surface area (Å²) in [6.45, 7) is 4.23. The summed E-state index contributed by atoms with van der Waals surface area (Å²) in [6.07, 6.45) is 5.01. The summed E-state index contributed by atoms with van der Waals surface area (Å²) in [4.78, 5) is 19.0. The molecular formula is C12H21N5O2. The lowest BCUT2D eigenvalue weighted by Crippen LogP contribution is -2.42. The van der Waals surface area contributed by atoms with Crippen molar-refractivity contribution < 1.29 is 10.0 Å². The summed E-state index contributed by atoms with van der Waals surface area (Å²) >= 11 is 0. The van der Waals surface area contributed by atoms with E-state index in [1.807, 2.05) is 13.8 Å². The zero-order valence-corrected chi connectivity index (χ0v) is 11.3. The van der Waals surface area contributed by atoms with Crippen LogP contribution in [0.1, 0.15) is 26.1 Å². The Labute approximate surface area is 112 Å². The summed E-state index contributed by atoms with van der Waals surface area (Å²) in [6, 6.07) is 0. The van der Waals surface area contributed by atoms with Gasteiger partial charge in [0.1, 0.15) is 11.7 Å². The molecule has 1 heterocycles. The van der Waals surface area contributed by atoms with E-state index in [1.54, 1.807) is 12.4 Å². The zero-order valence-electron chi connectivity index (χ0n) is 11.3. The number of oxime groups is 1. The zero-order chi connectivity index (χ0) is 14.3. The molecule has 19 heavy (non-hydrogen) atoms. The van der Waals surface area contributed by atoms with E-state index < -0.39 is 5.92 Å². The van der Waals surface area contributed by atoms with Crippen LogP contribution in [-0.2, 0) is 11.2 Å². The molecule has 5 N–H and O–H groups in total. The van der Waals surface area contributed by atoms with Gasteiger partial charge in [-0.25, -0.2) is 4.98 Å². The molecule has 1 unspecified atom stereocenters. The highest BCUT2D eigenvalue weighted by Crippen LogP contribution is 2.11. The number of aromatic amines is 1. The van der Waals surface area contributed by atoms with Crippen LogP contribution in [0.3, 0.4) is 0 Å². The Balaban J connectivity index is 2.36. The molecule has 0 aliphatic carbocycles. The van der Waals surface area contributed by atoms with Crippen molar-refractivity contribution in [3.05, 3.63) is 18.2 Å². The third-order valence-corrected chi connectivity index (χ3v) is 2.83. The standard InChI is InChI=1S/C12H21N5O2/c1-8(2)10(11(13)17-19)12(18)16-5-3-4-9-14-6-7-15-9/h6-8,10,19H,3-5H2,1-2H3,(H2,13,17)(H,14,15)(H,16,18). The van der Waals surface area contributed by atoms with Crippen molar-refractivity contribution in [3.8, 4) is 0 Å². The molecule has 7 nitrogen and oxygen atoms in total. The van der Waals surface area contributed by atoms with Crippen LogP contribution in [0.15, 0.2) is 17.5 Å². The van der Waals surface area contributed by atoms with Gasteiger partial charge in [-0.15, -0.1) is 0 Å². The predicted molar refractivity (Wildman–Crippen MR) is 71.7 cm³/mol. The van der Waals surface area contributed by atoms with Gasteiger partial charge in [0.05, 0.1) is 0 Å². The maximum Gasteiger partial charge on any atom is 0.231 e. The number of aromatic nitrogens is 2. The van der Waals surface area contributed by atoms with Crippen LogP contribution >= 0.6 is 0 Å². The molecule has 1 amide bonds. The molecule has 7 heteroatoms. The minimum atomic E-state index is -0.603. The number of nitrogens with two attached hydrogens (primary N) is 1. The third kappa shape index (κ3) is 4.61. The number of rotatable bonds is 7. The van der Waals surface area contributed by atoms with E-state index in [0.29, 0.717) is 6.54 Å². The Bertz CT molecular complexity index is 414. The van der Waals surface area contributed by atoms with Crippen molar-refractivity contribution >= 4 is 11.7 Å². The second-order valence-electron chi connectivity index (χ2n) is 4.68. The van der Waals surface area contributed by atoms with Crippen molar-refractivity contribution in [2.24, 2.45) is 22.7 Å². The summed E-state index contributed by atoms with van der Waals surface area (Å²) in [7, 11) is 0. The van der Waals surface area contributed by atoms with E-state index in [-0.39, 0.29) is 17.7 Å². The van der Waals surface area contributed by atoms with Crippen molar-refractivity contribution in [2.75, 3.05) is 6.54 Å². The lowest BCUT2D eigenvalue weighted by atomic mass is 9.94. The topological polar surface area (TPSA) is 116 Å². The summed E-state index contributed by atoms with van der Waals surface area (Å²) in [5, 5.41) is 14.4. The van der Waals surface area contributed by atoms with E-state index >= 15 is 0 Å². The van der Waals surface area contributed by atoms with Crippen molar-refractivity contribution in [1.29, 1.82) is 0 Å². The van der Waals surface area contributed by atoms with Gasteiger partial charge in [0.15, 0.2) is 5.84 Å². The Kier molecular flexibility index (Phi) is 5.84. The largest absolute Gasteiger partial charge is 0.409 e. The fourth-order valence-electron chi connectivity index (χ4n) is 1.85. The van der Waals surface area contributed by atoms with Crippen LogP contribution in [0.25, 0.3) is 0 Å². The SMILES string of the molecule is CC(C)C(C(=O)NCCCc1ncc[nH]1)/C(N)=N/O. The Hall–Kier alpha value is -2.05. The predicted octanol–water partition coefficient (Wildman–Crippen LogP) is 0.477. The highest BCUT2D eigenvalue weighted by molar-refractivity contribution is 6.02. The molecule has 0 aliphatic rings. The van der Waals surface area contributed by atoms with E-state index in [1.165, 1.54) is 0 Å². The maximum absolute atomic E-state index is 11.9. The smallest absolute Gasteiger partial charge is 0.231 e. The Morgan fingerprint density at radius 3 is 2.89 bits per heavy atom. The lowest BCUT2D eigenvalue weighted by molar-refractivity contribution is -0.124. The molecule has 1 aromatic rings. The van der Waals surface area contributed by atoms with E-state index in [0.717, 1.165) is 18.7 Å². The van der Waals surface area contributed by atoms with Crippen LogP contribution in [0, 0.1) is 11.8 Å². The minimum Gasteiger partial charge on any atom is -0.409 e. The molecule has 0 fully saturated rings. The second-order valence-corrected chi connectivity index (χ2v) is 4.68. The number of imidazole rings is 1. The molecule has 0 aliphatic heterocycles. The van der Waals surface area contributed by atoms with Gasteiger partial charge in [-0.05, 0) is 12.3 Å². The lowest BCUT2D eigenvalue weighted by Gasteiger charge is -2.18. The van der Waals surface area contributed by atoms with Crippen molar-refractivity contribution in [2.45, 2.75) is 26.7 Å². The normalized spacial score (nSPS) is 13.5. The van der Waals surface area contributed by atoms with Gasteiger partial charge in [0.2, 0.25) is 5.91 Å². The number of carbonyl (C=O) groups is 1. The number of amidine groups is 1. The first kappa shape index (κ1) is 15.0. The number of aryl methyl sites for hydroxylation is 1. The van der Waals surface area contributed by atoms with Crippen LogP contribution < -0.4 is 11.1 Å². The summed E-state index contributed by atoms with van der Waals surface area (Å²) in [5.41, 5.74) is 5.52. The molecule has 0 aromatic carbocycles. The molecule has 0 spiro atoms. The van der Waals surface area contributed by atoms with Crippen LogP contribution in [-0.4, -0.2) is 33.5 Å². The fourth-order valence-corrected chi connectivity index (χ4v) is 1.85. The highest BCUT2D eigenvalue weighted by atomic mass is 16.4. The van der Waals surface area contributed by atoms with Gasteiger partial charge < -0.3 is 21.2 Å². The number of amides is 1. The number of hydrogen-bond acceptors (Lipinski definition) is 4. The molecular weight excluding hydrogens is 246 g/mol. The van der Waals surface area contributed by atoms with Crippen molar-refractivity contribution in [3.63, 3.8) is 0 Å². The number of nitrogens with one attached hydrogen (secondary N) is 2. The third-order valence-electron chi connectivity index (χ3n) is 2.83. The molecule has 1 atom stereocenters. The average Bonchev–Trinajstić information content (AvgIpc) is 2.87. The minimum absolute atomic E-state index is 0.0269. The molecule has 106 valence electrons. The van der Waals surface area contributed by atoms with Gasteiger partial charge in [-0.1, -0.05) is 19.0 Å². The number of H-pyrrole nitrogens is 1. The number of carbonyl (C=O) groups excluding carboxylic acids is 1. The van der Waals surface area contributed by atoms with Gasteiger partial charge in [0.25, 0.3) is 0 Å². The number of hydrogen-bond donors (Lipinski definition) is 4.